The zero-order valence-electron chi connectivity index (χ0n) is 13.1. The monoisotopic (exact) mass is 293 g/mol. The van der Waals surface area contributed by atoms with Crippen molar-refractivity contribution < 1.29 is 0 Å². The average molecular weight is 293 g/mol. The third kappa shape index (κ3) is 4.38. The normalized spacial score (nSPS) is 16.2. The molecule has 20 heavy (non-hydrogen) atoms. The maximum atomic E-state index is 4.68. The lowest BCUT2D eigenvalue weighted by atomic mass is 10.1. The third-order valence-corrected chi connectivity index (χ3v) is 4.66. The fourth-order valence-electron chi connectivity index (χ4n) is 2.33. The Morgan fingerprint density at radius 1 is 1.50 bits per heavy atom. The molecule has 0 spiro atoms. The first-order valence-corrected chi connectivity index (χ1v) is 8.92. The minimum absolute atomic E-state index is 0.532. The van der Waals surface area contributed by atoms with Crippen LogP contribution in [0.1, 0.15) is 37.3 Å². The molecule has 1 fully saturated rings. The quantitative estimate of drug-likeness (QED) is 0.796. The van der Waals surface area contributed by atoms with Gasteiger partial charge in [-0.25, -0.2) is 4.98 Å². The molecule has 0 amide bonds. The van der Waals surface area contributed by atoms with Crippen LogP contribution in [0.25, 0.3) is 0 Å². The van der Waals surface area contributed by atoms with E-state index < -0.39 is 0 Å². The molecule has 4 heteroatoms. The zero-order valence-corrected chi connectivity index (χ0v) is 14.0. The molecule has 0 aliphatic heterocycles. The molecule has 1 aliphatic carbocycles. The van der Waals surface area contributed by atoms with Gasteiger partial charge in [-0.05, 0) is 62.3 Å². The van der Waals surface area contributed by atoms with E-state index >= 15 is 0 Å². The lowest BCUT2D eigenvalue weighted by Crippen LogP contribution is -2.30. The van der Waals surface area contributed by atoms with E-state index in [4.69, 9.17) is 0 Å². The van der Waals surface area contributed by atoms with Crippen LogP contribution in [0.3, 0.4) is 0 Å². The van der Waals surface area contributed by atoms with Crippen molar-refractivity contribution >= 4 is 17.6 Å². The van der Waals surface area contributed by atoms with Gasteiger partial charge in [0.1, 0.15) is 5.82 Å². The summed E-state index contributed by atoms with van der Waals surface area (Å²) in [6.07, 6.45) is 8.05. The van der Waals surface area contributed by atoms with E-state index in [1.54, 1.807) is 0 Å². The molecule has 0 radical (unpaired) electrons. The van der Waals surface area contributed by atoms with Crippen LogP contribution >= 0.6 is 11.8 Å². The number of rotatable bonds is 8. The van der Waals surface area contributed by atoms with Crippen LogP contribution in [-0.2, 0) is 6.54 Å². The number of pyridine rings is 1. The molecule has 0 aromatic carbocycles. The Kier molecular flexibility index (Phi) is 5.73. The van der Waals surface area contributed by atoms with Crippen molar-refractivity contribution in [2.45, 2.75) is 51.7 Å². The van der Waals surface area contributed by atoms with Crippen LogP contribution < -0.4 is 10.2 Å². The molecule has 1 aromatic rings. The van der Waals surface area contributed by atoms with Crippen LogP contribution in [0.5, 0.6) is 0 Å². The number of hydrogen-bond donors (Lipinski definition) is 1. The van der Waals surface area contributed by atoms with Crippen molar-refractivity contribution in [1.82, 2.24) is 10.3 Å². The second kappa shape index (κ2) is 7.32. The predicted octanol–water partition coefficient (Wildman–Crippen LogP) is 3.22. The highest BCUT2D eigenvalue weighted by Gasteiger charge is 2.20. The van der Waals surface area contributed by atoms with E-state index in [1.165, 1.54) is 36.1 Å². The Morgan fingerprint density at radius 2 is 2.25 bits per heavy atom. The highest BCUT2D eigenvalue weighted by molar-refractivity contribution is 7.98. The van der Waals surface area contributed by atoms with Gasteiger partial charge >= 0.3 is 0 Å². The number of aryl methyl sites for hydroxylation is 1. The topological polar surface area (TPSA) is 28.2 Å². The number of nitrogens with one attached hydrogen (secondary N) is 1. The lowest BCUT2D eigenvalue weighted by Gasteiger charge is -2.27. The second-order valence-corrected chi connectivity index (χ2v) is 6.87. The Bertz CT molecular complexity index is 432. The van der Waals surface area contributed by atoms with Gasteiger partial charge in [0.15, 0.2) is 0 Å². The van der Waals surface area contributed by atoms with Crippen LogP contribution in [0.4, 0.5) is 5.82 Å². The maximum absolute atomic E-state index is 4.68. The predicted molar refractivity (Wildman–Crippen MR) is 89.7 cm³/mol. The number of aromatic nitrogens is 1. The summed E-state index contributed by atoms with van der Waals surface area (Å²) in [5.41, 5.74) is 2.57. The summed E-state index contributed by atoms with van der Waals surface area (Å²) in [6, 6.07) is 3.56. The molecule has 1 atom stereocenters. The fourth-order valence-corrected chi connectivity index (χ4v) is 2.91. The van der Waals surface area contributed by atoms with Crippen molar-refractivity contribution in [1.29, 1.82) is 0 Å². The van der Waals surface area contributed by atoms with Crippen molar-refractivity contribution in [3.05, 3.63) is 23.4 Å². The summed E-state index contributed by atoms with van der Waals surface area (Å²) < 4.78 is 0. The van der Waals surface area contributed by atoms with Crippen LogP contribution in [0.15, 0.2) is 12.3 Å². The lowest BCUT2D eigenvalue weighted by molar-refractivity contribution is 0.657. The summed E-state index contributed by atoms with van der Waals surface area (Å²) in [6.45, 7) is 5.39. The minimum atomic E-state index is 0.532. The Hall–Kier alpha value is -0.740. The Balaban J connectivity index is 1.96. The smallest absolute Gasteiger partial charge is 0.131 e. The second-order valence-electron chi connectivity index (χ2n) is 5.88. The highest BCUT2D eigenvalue weighted by atomic mass is 32.2. The Labute approximate surface area is 127 Å². The highest BCUT2D eigenvalue weighted by Crippen LogP contribution is 2.22. The van der Waals surface area contributed by atoms with Gasteiger partial charge in [0.2, 0.25) is 0 Å². The molecule has 0 bridgehead atoms. The summed E-state index contributed by atoms with van der Waals surface area (Å²) in [5, 5.41) is 3.54. The first-order chi connectivity index (χ1) is 9.61. The zero-order chi connectivity index (χ0) is 14.5. The summed E-state index contributed by atoms with van der Waals surface area (Å²) in [5.74, 6) is 2.32. The van der Waals surface area contributed by atoms with Crippen molar-refractivity contribution in [2.75, 3.05) is 24.0 Å². The molecule has 1 unspecified atom stereocenters. The van der Waals surface area contributed by atoms with Gasteiger partial charge in [-0.3, -0.25) is 0 Å². The van der Waals surface area contributed by atoms with Gasteiger partial charge in [0.05, 0.1) is 0 Å². The molecule has 0 saturated heterocycles. The number of hydrogen-bond acceptors (Lipinski definition) is 4. The van der Waals surface area contributed by atoms with E-state index in [0.29, 0.717) is 6.04 Å². The van der Waals surface area contributed by atoms with E-state index in [0.717, 1.165) is 18.4 Å². The van der Waals surface area contributed by atoms with E-state index in [9.17, 15) is 0 Å². The van der Waals surface area contributed by atoms with Crippen LogP contribution in [0.2, 0.25) is 0 Å². The van der Waals surface area contributed by atoms with E-state index in [-0.39, 0.29) is 0 Å². The minimum Gasteiger partial charge on any atom is -0.357 e. The van der Waals surface area contributed by atoms with Crippen molar-refractivity contribution in [2.24, 2.45) is 0 Å². The van der Waals surface area contributed by atoms with Gasteiger partial charge < -0.3 is 10.2 Å². The van der Waals surface area contributed by atoms with Crippen LogP contribution in [0, 0.1) is 6.92 Å². The fraction of sp³-hybridized carbons (Fsp3) is 0.688. The SMILES string of the molecule is CSCCC(C)N(C)c1ncc(CNC2CC2)cc1C. The largest absolute Gasteiger partial charge is 0.357 e. The van der Waals surface area contributed by atoms with Crippen molar-refractivity contribution in [3.63, 3.8) is 0 Å². The standard InChI is InChI=1S/C16H27N3S/c1-12-9-14(10-17-15-5-6-15)11-18-16(12)19(3)13(2)7-8-20-4/h9,11,13,15,17H,5-8,10H2,1-4H3. The number of anilines is 1. The molecule has 112 valence electrons. The molecule has 1 aliphatic rings. The van der Waals surface area contributed by atoms with Gasteiger partial charge in [-0.1, -0.05) is 0 Å². The molecular weight excluding hydrogens is 266 g/mol. The van der Waals surface area contributed by atoms with E-state index in [1.807, 2.05) is 18.0 Å². The first-order valence-electron chi connectivity index (χ1n) is 7.52. The number of nitrogens with zero attached hydrogens (tertiary/aromatic N) is 2. The van der Waals surface area contributed by atoms with Gasteiger partial charge in [-0.15, -0.1) is 0 Å². The molecule has 1 heterocycles. The van der Waals surface area contributed by atoms with Crippen LogP contribution in [-0.4, -0.2) is 36.1 Å². The van der Waals surface area contributed by atoms with Gasteiger partial charge in [0, 0.05) is 31.9 Å². The molecule has 1 saturated carbocycles. The Morgan fingerprint density at radius 3 is 2.85 bits per heavy atom. The maximum Gasteiger partial charge on any atom is 0.131 e. The third-order valence-electron chi connectivity index (χ3n) is 4.01. The molecule has 1 N–H and O–H groups in total. The summed E-state index contributed by atoms with van der Waals surface area (Å²) in [4.78, 5) is 6.99. The molecular formula is C16H27N3S. The molecule has 1 aromatic heterocycles. The van der Waals surface area contributed by atoms with Gasteiger partial charge in [-0.2, -0.15) is 11.8 Å². The molecule has 3 nitrogen and oxygen atoms in total. The van der Waals surface area contributed by atoms with Gasteiger partial charge in [0.25, 0.3) is 0 Å². The first kappa shape index (κ1) is 15.6. The summed E-state index contributed by atoms with van der Waals surface area (Å²) in [7, 11) is 2.16. The van der Waals surface area contributed by atoms with E-state index in [2.05, 4.69) is 48.4 Å². The number of thioether (sulfide) groups is 1. The summed E-state index contributed by atoms with van der Waals surface area (Å²) >= 11 is 1.91. The average Bonchev–Trinajstić information content (AvgIpc) is 3.26. The molecule has 2 rings (SSSR count). The van der Waals surface area contributed by atoms with Crippen molar-refractivity contribution in [3.8, 4) is 0 Å².